The van der Waals surface area contributed by atoms with Gasteiger partial charge in [-0.15, -0.1) is 5.10 Å². The maximum absolute atomic E-state index is 13.2. The number of hydrogen-bond donors (Lipinski definition) is 1. The molecule has 2 heterocycles. The van der Waals surface area contributed by atoms with Gasteiger partial charge in [0.2, 0.25) is 0 Å². The van der Waals surface area contributed by atoms with Crippen molar-refractivity contribution in [2.45, 2.75) is 51.2 Å². The number of rotatable bonds is 12. The topological polar surface area (TPSA) is 117 Å². The van der Waals surface area contributed by atoms with Gasteiger partial charge in [0.25, 0.3) is 5.56 Å². The minimum absolute atomic E-state index is 0.147. The van der Waals surface area contributed by atoms with Crippen LogP contribution in [0.1, 0.15) is 48.7 Å². The first kappa shape index (κ1) is 27.4. The quantitative estimate of drug-likeness (QED) is 0.281. The molecule has 1 aliphatic rings. The molecule has 4 aromatic rings. The van der Waals surface area contributed by atoms with Gasteiger partial charge in [-0.3, -0.25) is 9.69 Å². The van der Waals surface area contributed by atoms with Crippen LogP contribution in [0.25, 0.3) is 10.9 Å². The monoisotopic (exact) mass is 548 g/mol. The van der Waals surface area contributed by atoms with Crippen molar-refractivity contribution in [1.29, 1.82) is 0 Å². The summed E-state index contributed by atoms with van der Waals surface area (Å²) in [5.74, 6) is 3.35. The Morgan fingerprint density at radius 1 is 0.900 bits per heavy atom. The standard InChI is InChI=1S/C29H36N6O5/c1-37-24-10-9-19(13-25(24)38-2)11-12-34(18-28-31-32-33-35(28)22-7-5-6-8-22)17-21-14-20-15-26(39-3)27(40-4)16-23(20)30-29(21)36/h9-10,13-16,22H,5-8,11-12,17-18H2,1-4H3,(H,30,36). The number of ether oxygens (including phenoxy) is 4. The zero-order chi connectivity index (χ0) is 28.1. The number of H-pyrrole nitrogens is 1. The highest BCUT2D eigenvalue weighted by Crippen LogP contribution is 2.32. The summed E-state index contributed by atoms with van der Waals surface area (Å²) in [5.41, 5.74) is 2.29. The van der Waals surface area contributed by atoms with Crippen molar-refractivity contribution in [2.24, 2.45) is 0 Å². The molecule has 0 radical (unpaired) electrons. The molecule has 2 aromatic carbocycles. The molecule has 0 aliphatic heterocycles. The van der Waals surface area contributed by atoms with Gasteiger partial charge in [-0.2, -0.15) is 0 Å². The average molecular weight is 549 g/mol. The van der Waals surface area contributed by atoms with Crippen molar-refractivity contribution in [3.63, 3.8) is 0 Å². The molecular formula is C29H36N6O5. The van der Waals surface area contributed by atoms with Gasteiger partial charge in [0.05, 0.1) is 46.5 Å². The van der Waals surface area contributed by atoms with Crippen molar-refractivity contribution in [1.82, 2.24) is 30.1 Å². The third-order valence-corrected chi connectivity index (χ3v) is 7.58. The van der Waals surface area contributed by atoms with Crippen molar-refractivity contribution < 1.29 is 18.9 Å². The molecule has 5 rings (SSSR count). The number of fused-ring (bicyclic) bond motifs is 1. The molecule has 11 heteroatoms. The Balaban J connectivity index is 1.44. The predicted octanol–water partition coefficient (Wildman–Crippen LogP) is 3.91. The Morgan fingerprint density at radius 3 is 2.33 bits per heavy atom. The highest BCUT2D eigenvalue weighted by molar-refractivity contribution is 5.83. The Bertz CT molecular complexity index is 1510. The Kier molecular flexibility index (Phi) is 8.49. The van der Waals surface area contributed by atoms with E-state index in [-0.39, 0.29) is 5.56 Å². The molecular weight excluding hydrogens is 512 g/mol. The summed E-state index contributed by atoms with van der Waals surface area (Å²) in [6.07, 6.45) is 5.28. The molecule has 40 heavy (non-hydrogen) atoms. The largest absolute Gasteiger partial charge is 0.493 e. The van der Waals surface area contributed by atoms with Gasteiger partial charge in [-0.1, -0.05) is 18.9 Å². The van der Waals surface area contributed by atoms with Gasteiger partial charge < -0.3 is 23.9 Å². The van der Waals surface area contributed by atoms with E-state index in [0.717, 1.165) is 36.0 Å². The highest BCUT2D eigenvalue weighted by Gasteiger charge is 2.23. The van der Waals surface area contributed by atoms with E-state index in [1.165, 1.54) is 12.8 Å². The summed E-state index contributed by atoms with van der Waals surface area (Å²) in [5, 5.41) is 13.5. The summed E-state index contributed by atoms with van der Waals surface area (Å²) in [7, 11) is 6.43. The molecule has 1 aliphatic carbocycles. The van der Waals surface area contributed by atoms with E-state index in [4.69, 9.17) is 18.9 Å². The molecule has 11 nitrogen and oxygen atoms in total. The normalized spacial score (nSPS) is 13.7. The van der Waals surface area contributed by atoms with E-state index in [1.54, 1.807) is 34.5 Å². The van der Waals surface area contributed by atoms with E-state index in [9.17, 15) is 4.79 Å². The number of tetrazole rings is 1. The van der Waals surface area contributed by atoms with Crippen LogP contribution < -0.4 is 24.5 Å². The van der Waals surface area contributed by atoms with Crippen molar-refractivity contribution in [2.75, 3.05) is 35.0 Å². The zero-order valence-corrected chi connectivity index (χ0v) is 23.5. The van der Waals surface area contributed by atoms with Crippen LogP contribution in [0.5, 0.6) is 23.0 Å². The van der Waals surface area contributed by atoms with E-state index >= 15 is 0 Å². The number of aromatic amines is 1. The fourth-order valence-electron chi connectivity index (χ4n) is 5.42. The Morgan fingerprint density at radius 2 is 1.60 bits per heavy atom. The second-order valence-corrected chi connectivity index (χ2v) is 10.0. The third-order valence-electron chi connectivity index (χ3n) is 7.58. The highest BCUT2D eigenvalue weighted by atomic mass is 16.5. The lowest BCUT2D eigenvalue weighted by Gasteiger charge is -2.23. The van der Waals surface area contributed by atoms with E-state index < -0.39 is 0 Å². The minimum Gasteiger partial charge on any atom is -0.493 e. The van der Waals surface area contributed by atoms with Crippen molar-refractivity contribution >= 4 is 10.9 Å². The maximum atomic E-state index is 13.2. The minimum atomic E-state index is -0.147. The predicted molar refractivity (Wildman–Crippen MR) is 150 cm³/mol. The van der Waals surface area contributed by atoms with Crippen LogP contribution in [0.3, 0.4) is 0 Å². The molecule has 0 bridgehead atoms. The number of nitrogens with zero attached hydrogens (tertiary/aromatic N) is 5. The summed E-state index contributed by atoms with van der Waals surface area (Å²) in [6, 6.07) is 11.8. The third kappa shape index (κ3) is 5.89. The van der Waals surface area contributed by atoms with Crippen LogP contribution in [0.4, 0.5) is 0 Å². The van der Waals surface area contributed by atoms with E-state index in [0.29, 0.717) is 59.8 Å². The van der Waals surface area contributed by atoms with Gasteiger partial charge >= 0.3 is 0 Å². The molecule has 0 saturated heterocycles. The lowest BCUT2D eigenvalue weighted by atomic mass is 10.1. The summed E-state index contributed by atoms with van der Waals surface area (Å²) in [6.45, 7) is 1.61. The van der Waals surface area contributed by atoms with Gasteiger partial charge in [-0.05, 0) is 59.5 Å². The first-order valence-corrected chi connectivity index (χ1v) is 13.5. The van der Waals surface area contributed by atoms with Crippen LogP contribution in [-0.2, 0) is 19.5 Å². The van der Waals surface area contributed by atoms with Gasteiger partial charge in [0.1, 0.15) is 0 Å². The number of methoxy groups -OCH3 is 4. The molecule has 0 amide bonds. The van der Waals surface area contributed by atoms with E-state index in [1.807, 2.05) is 35.0 Å². The second-order valence-electron chi connectivity index (χ2n) is 10.0. The number of hydrogen-bond acceptors (Lipinski definition) is 9. The first-order valence-electron chi connectivity index (χ1n) is 13.5. The van der Waals surface area contributed by atoms with Gasteiger partial charge in [0, 0.05) is 30.1 Å². The molecule has 212 valence electrons. The van der Waals surface area contributed by atoms with E-state index in [2.05, 4.69) is 25.4 Å². The van der Waals surface area contributed by atoms with Crippen LogP contribution >= 0.6 is 0 Å². The molecule has 1 N–H and O–H groups in total. The van der Waals surface area contributed by atoms with Crippen LogP contribution in [-0.4, -0.2) is 65.1 Å². The Hall–Kier alpha value is -4.12. The van der Waals surface area contributed by atoms with Crippen LogP contribution in [0, 0.1) is 0 Å². The van der Waals surface area contributed by atoms with Gasteiger partial charge in [0.15, 0.2) is 28.8 Å². The fourth-order valence-corrected chi connectivity index (χ4v) is 5.42. The van der Waals surface area contributed by atoms with Crippen LogP contribution in [0.2, 0.25) is 0 Å². The number of aromatic nitrogens is 5. The van der Waals surface area contributed by atoms with Crippen LogP contribution in [0.15, 0.2) is 41.2 Å². The van der Waals surface area contributed by atoms with Crippen molar-refractivity contribution in [3.05, 3.63) is 63.7 Å². The second kappa shape index (κ2) is 12.4. The maximum Gasteiger partial charge on any atom is 0.252 e. The molecule has 0 spiro atoms. The SMILES string of the molecule is COc1ccc(CCN(Cc2cc3cc(OC)c(OC)cc3[nH]c2=O)Cc2nnnn2C2CCCC2)cc1OC. The average Bonchev–Trinajstić information content (AvgIpc) is 3.67. The van der Waals surface area contributed by atoms with Gasteiger partial charge in [-0.25, -0.2) is 4.68 Å². The lowest BCUT2D eigenvalue weighted by molar-refractivity contribution is 0.243. The zero-order valence-electron chi connectivity index (χ0n) is 23.5. The number of nitrogens with one attached hydrogen (secondary N) is 1. The fraction of sp³-hybridized carbons (Fsp3) is 0.448. The smallest absolute Gasteiger partial charge is 0.252 e. The first-order chi connectivity index (χ1) is 19.5. The molecule has 0 unspecified atom stereocenters. The Labute approximate surface area is 233 Å². The summed E-state index contributed by atoms with van der Waals surface area (Å²) >= 11 is 0. The van der Waals surface area contributed by atoms with Crippen molar-refractivity contribution in [3.8, 4) is 23.0 Å². The molecule has 0 atom stereocenters. The summed E-state index contributed by atoms with van der Waals surface area (Å²) in [4.78, 5) is 18.4. The molecule has 2 aromatic heterocycles. The summed E-state index contributed by atoms with van der Waals surface area (Å²) < 4.78 is 23.7. The molecule has 1 fully saturated rings. The number of pyridine rings is 1. The molecule has 1 saturated carbocycles. The number of benzene rings is 2. The lowest BCUT2D eigenvalue weighted by Crippen LogP contribution is -2.30.